The lowest BCUT2D eigenvalue weighted by Crippen LogP contribution is -2.46. The second kappa shape index (κ2) is 13.2. The maximum atomic E-state index is 13.1. The predicted octanol–water partition coefficient (Wildman–Crippen LogP) is 7.22. The highest BCUT2D eigenvalue weighted by Crippen LogP contribution is 2.36. The molecule has 4 aromatic rings. The standard InChI is InChI=1S/C31H30F3N3O3S2/c1-21-17-25(11-12-27(21)40-19-29(38)39)41-20-28-26(18-36-13-15-37(16-14-36)24-5-3-2-4-6-24)35-30(42-28)22-7-9-23(10-8-22)31(32,33)34/h2-12,17H,13-16,18-20H2,1H3,(H,38,39). The molecule has 1 saturated heterocycles. The van der Waals surface area contributed by atoms with E-state index in [0.29, 0.717) is 28.6 Å². The molecule has 0 radical (unpaired) electrons. The molecule has 0 amide bonds. The average molecular weight is 614 g/mol. The number of rotatable bonds is 10. The van der Waals surface area contributed by atoms with E-state index < -0.39 is 24.3 Å². The van der Waals surface area contributed by atoms with E-state index in [4.69, 9.17) is 14.8 Å². The number of carboxylic acids is 1. The van der Waals surface area contributed by atoms with Gasteiger partial charge in [-0.1, -0.05) is 30.3 Å². The summed E-state index contributed by atoms with van der Waals surface area (Å²) in [7, 11) is 0. The zero-order chi connectivity index (χ0) is 29.7. The number of anilines is 1. The number of aryl methyl sites for hydroxylation is 1. The van der Waals surface area contributed by atoms with Crippen LogP contribution in [0.1, 0.15) is 21.7 Å². The fourth-order valence-electron chi connectivity index (χ4n) is 4.72. The molecule has 0 aliphatic carbocycles. The van der Waals surface area contributed by atoms with Crippen molar-refractivity contribution < 1.29 is 27.8 Å². The summed E-state index contributed by atoms with van der Waals surface area (Å²) in [5, 5.41) is 9.58. The summed E-state index contributed by atoms with van der Waals surface area (Å²) in [6.45, 7) is 5.70. The number of ether oxygens (including phenoxy) is 1. The molecule has 1 aliphatic heterocycles. The number of para-hydroxylation sites is 1. The van der Waals surface area contributed by atoms with Crippen molar-refractivity contribution in [1.29, 1.82) is 0 Å². The van der Waals surface area contributed by atoms with Crippen molar-refractivity contribution >= 4 is 34.8 Å². The van der Waals surface area contributed by atoms with Gasteiger partial charge in [-0.2, -0.15) is 13.2 Å². The Balaban J connectivity index is 1.32. The maximum absolute atomic E-state index is 13.1. The SMILES string of the molecule is Cc1cc(SCc2sc(-c3ccc(C(F)(F)F)cc3)nc2CN2CCN(c3ccccc3)CC2)ccc1OCC(=O)O. The van der Waals surface area contributed by atoms with Crippen molar-refractivity contribution in [3.8, 4) is 16.3 Å². The largest absolute Gasteiger partial charge is 0.482 e. The second-order valence-corrected chi connectivity index (χ2v) is 12.1. The summed E-state index contributed by atoms with van der Waals surface area (Å²) in [4.78, 5) is 22.6. The number of benzene rings is 3. The molecular weight excluding hydrogens is 583 g/mol. The predicted molar refractivity (Wildman–Crippen MR) is 160 cm³/mol. The molecule has 0 spiro atoms. The monoisotopic (exact) mass is 613 g/mol. The van der Waals surface area contributed by atoms with E-state index in [1.54, 1.807) is 17.8 Å². The Labute approximate surface area is 250 Å². The third-order valence-corrected chi connectivity index (χ3v) is 9.32. The number of carbonyl (C=O) groups is 1. The minimum absolute atomic E-state index is 0.399. The van der Waals surface area contributed by atoms with Crippen LogP contribution >= 0.6 is 23.1 Å². The highest BCUT2D eigenvalue weighted by molar-refractivity contribution is 7.98. The quantitative estimate of drug-likeness (QED) is 0.190. The van der Waals surface area contributed by atoms with Gasteiger partial charge in [-0.25, -0.2) is 9.78 Å². The number of aliphatic carboxylic acids is 1. The first-order chi connectivity index (χ1) is 20.2. The third-order valence-electron chi connectivity index (χ3n) is 6.97. The van der Waals surface area contributed by atoms with Gasteiger partial charge in [0.05, 0.1) is 11.3 Å². The third kappa shape index (κ3) is 7.64. The molecule has 42 heavy (non-hydrogen) atoms. The minimum Gasteiger partial charge on any atom is -0.482 e. The molecular formula is C31H30F3N3O3S2. The van der Waals surface area contributed by atoms with E-state index in [1.807, 2.05) is 37.3 Å². The molecule has 1 N–H and O–H groups in total. The van der Waals surface area contributed by atoms with Crippen LogP contribution in [0.2, 0.25) is 0 Å². The van der Waals surface area contributed by atoms with Gasteiger partial charge in [-0.15, -0.1) is 23.1 Å². The van der Waals surface area contributed by atoms with Crippen molar-refractivity contribution in [1.82, 2.24) is 9.88 Å². The molecule has 1 fully saturated rings. The fraction of sp³-hybridized carbons (Fsp3) is 0.290. The number of thioether (sulfide) groups is 1. The molecule has 5 rings (SSSR count). The molecule has 6 nitrogen and oxygen atoms in total. The Morgan fingerprint density at radius 2 is 1.74 bits per heavy atom. The lowest BCUT2D eigenvalue weighted by Gasteiger charge is -2.36. The summed E-state index contributed by atoms with van der Waals surface area (Å²) >= 11 is 3.14. The van der Waals surface area contributed by atoms with Crippen molar-refractivity contribution in [2.45, 2.75) is 30.3 Å². The van der Waals surface area contributed by atoms with Crippen molar-refractivity contribution in [2.24, 2.45) is 0 Å². The van der Waals surface area contributed by atoms with E-state index in [-0.39, 0.29) is 0 Å². The molecule has 0 atom stereocenters. The number of thiazole rings is 1. The first kappa shape index (κ1) is 29.9. The molecule has 0 saturated carbocycles. The van der Waals surface area contributed by atoms with E-state index in [1.165, 1.54) is 29.2 Å². The van der Waals surface area contributed by atoms with E-state index in [2.05, 4.69) is 21.9 Å². The summed E-state index contributed by atoms with van der Waals surface area (Å²) in [5.41, 5.74) is 2.97. The highest BCUT2D eigenvalue weighted by atomic mass is 32.2. The van der Waals surface area contributed by atoms with Crippen molar-refractivity contribution in [2.75, 3.05) is 37.7 Å². The van der Waals surface area contributed by atoms with Crippen molar-refractivity contribution in [3.05, 3.63) is 94.5 Å². The number of alkyl halides is 3. The Morgan fingerprint density at radius 3 is 2.38 bits per heavy atom. The number of aromatic nitrogens is 1. The number of piperazine rings is 1. The second-order valence-electron chi connectivity index (χ2n) is 9.96. The zero-order valence-electron chi connectivity index (χ0n) is 22.9. The maximum Gasteiger partial charge on any atom is 0.416 e. The van der Waals surface area contributed by atoms with Gasteiger partial charge in [0.1, 0.15) is 10.8 Å². The van der Waals surface area contributed by atoms with Gasteiger partial charge in [0, 0.05) is 59.5 Å². The summed E-state index contributed by atoms with van der Waals surface area (Å²) < 4.78 is 44.7. The topological polar surface area (TPSA) is 65.9 Å². The molecule has 220 valence electrons. The first-order valence-electron chi connectivity index (χ1n) is 13.4. The van der Waals surface area contributed by atoms with Gasteiger partial charge >= 0.3 is 12.1 Å². The van der Waals surface area contributed by atoms with Crippen LogP contribution in [0.3, 0.4) is 0 Å². The molecule has 0 bridgehead atoms. The highest BCUT2D eigenvalue weighted by Gasteiger charge is 2.30. The lowest BCUT2D eigenvalue weighted by molar-refractivity contribution is -0.139. The number of nitrogens with zero attached hydrogens (tertiary/aromatic N) is 3. The van der Waals surface area contributed by atoms with E-state index >= 15 is 0 Å². The van der Waals surface area contributed by atoms with Crippen LogP contribution in [-0.2, 0) is 23.3 Å². The minimum atomic E-state index is -4.39. The van der Waals surface area contributed by atoms with Crippen LogP contribution in [0.5, 0.6) is 5.75 Å². The van der Waals surface area contributed by atoms with Crippen LogP contribution in [0.4, 0.5) is 18.9 Å². The molecule has 1 aromatic heterocycles. The van der Waals surface area contributed by atoms with Gasteiger partial charge in [0.25, 0.3) is 0 Å². The van der Waals surface area contributed by atoms with Crippen LogP contribution in [0.15, 0.2) is 77.7 Å². The van der Waals surface area contributed by atoms with E-state index in [9.17, 15) is 18.0 Å². The van der Waals surface area contributed by atoms with Gasteiger partial charge < -0.3 is 14.7 Å². The first-order valence-corrected chi connectivity index (χ1v) is 15.2. The average Bonchev–Trinajstić information content (AvgIpc) is 3.38. The number of carboxylic acid groups (broad SMARTS) is 1. The van der Waals surface area contributed by atoms with E-state index in [0.717, 1.165) is 59.3 Å². The molecule has 11 heteroatoms. The van der Waals surface area contributed by atoms with Gasteiger partial charge in [-0.05, 0) is 55.0 Å². The van der Waals surface area contributed by atoms with Gasteiger partial charge in [0.15, 0.2) is 6.61 Å². The number of hydrogen-bond donors (Lipinski definition) is 1. The number of halogens is 3. The number of hydrogen-bond acceptors (Lipinski definition) is 7. The van der Waals surface area contributed by atoms with Crippen LogP contribution < -0.4 is 9.64 Å². The molecule has 0 unspecified atom stereocenters. The van der Waals surface area contributed by atoms with Gasteiger partial charge in [-0.3, -0.25) is 4.90 Å². The summed E-state index contributed by atoms with van der Waals surface area (Å²) in [5.74, 6) is 0.141. The summed E-state index contributed by atoms with van der Waals surface area (Å²) in [6, 6.07) is 21.1. The fourth-order valence-corrected chi connectivity index (χ4v) is 6.89. The Kier molecular flexibility index (Phi) is 9.40. The molecule has 3 aromatic carbocycles. The molecule has 2 heterocycles. The normalized spacial score (nSPS) is 14.2. The smallest absolute Gasteiger partial charge is 0.416 e. The molecule has 1 aliphatic rings. The summed E-state index contributed by atoms with van der Waals surface area (Å²) in [6.07, 6.45) is -4.39. The Hall–Kier alpha value is -3.54. The lowest BCUT2D eigenvalue weighted by atomic mass is 10.1. The zero-order valence-corrected chi connectivity index (χ0v) is 24.6. The van der Waals surface area contributed by atoms with Gasteiger partial charge in [0.2, 0.25) is 0 Å². The van der Waals surface area contributed by atoms with Crippen LogP contribution in [-0.4, -0.2) is 53.7 Å². The van der Waals surface area contributed by atoms with Crippen LogP contribution in [0, 0.1) is 6.92 Å². The van der Waals surface area contributed by atoms with Crippen LogP contribution in [0.25, 0.3) is 10.6 Å². The Morgan fingerprint density at radius 1 is 1.02 bits per heavy atom. The Bertz CT molecular complexity index is 1500. The van der Waals surface area contributed by atoms with Crippen molar-refractivity contribution in [3.63, 3.8) is 0 Å².